The van der Waals surface area contributed by atoms with Gasteiger partial charge in [-0.1, -0.05) is 23.8 Å². The zero-order valence-corrected chi connectivity index (χ0v) is 10.1. The average molecular weight is 208 g/mol. The number of aliphatic hydroxyl groups is 1. The molecule has 0 amide bonds. The standard InChI is InChI=1S/C14H24O/c1-11(2)5-4-6-14(15)13-9-7-12(3)8-10-13/h5,13-15H,3-4,6-10H2,1-2H3. The van der Waals surface area contributed by atoms with Crippen LogP contribution < -0.4 is 0 Å². The molecule has 1 N–H and O–H groups in total. The lowest BCUT2D eigenvalue weighted by Gasteiger charge is -2.27. The molecule has 15 heavy (non-hydrogen) atoms. The maximum atomic E-state index is 10.0. The molecule has 1 heteroatoms. The van der Waals surface area contributed by atoms with Crippen LogP contribution in [0.3, 0.4) is 0 Å². The van der Waals surface area contributed by atoms with Crippen LogP contribution in [0.4, 0.5) is 0 Å². The molecule has 0 aromatic heterocycles. The van der Waals surface area contributed by atoms with Gasteiger partial charge in [0.2, 0.25) is 0 Å². The van der Waals surface area contributed by atoms with Gasteiger partial charge in [-0.25, -0.2) is 0 Å². The van der Waals surface area contributed by atoms with Crippen molar-refractivity contribution in [3.05, 3.63) is 23.8 Å². The Morgan fingerprint density at radius 1 is 1.47 bits per heavy atom. The van der Waals surface area contributed by atoms with Crippen molar-refractivity contribution in [3.8, 4) is 0 Å². The quantitative estimate of drug-likeness (QED) is 0.696. The Hall–Kier alpha value is -0.560. The Morgan fingerprint density at radius 3 is 2.60 bits per heavy atom. The number of hydrogen-bond donors (Lipinski definition) is 1. The van der Waals surface area contributed by atoms with Crippen LogP contribution in [-0.2, 0) is 0 Å². The van der Waals surface area contributed by atoms with Crippen LogP contribution in [0.15, 0.2) is 23.8 Å². The molecule has 1 aliphatic rings. The molecular weight excluding hydrogens is 184 g/mol. The van der Waals surface area contributed by atoms with E-state index in [9.17, 15) is 5.11 Å². The summed E-state index contributed by atoms with van der Waals surface area (Å²) in [7, 11) is 0. The molecule has 0 radical (unpaired) electrons. The highest BCUT2D eigenvalue weighted by molar-refractivity contribution is 4.99. The van der Waals surface area contributed by atoms with Crippen LogP contribution in [0.5, 0.6) is 0 Å². The van der Waals surface area contributed by atoms with E-state index in [4.69, 9.17) is 0 Å². The SMILES string of the molecule is C=C1CCC(C(O)CCC=C(C)C)CC1. The second-order valence-corrected chi connectivity index (χ2v) is 5.01. The van der Waals surface area contributed by atoms with Crippen LogP contribution in [0.2, 0.25) is 0 Å². The highest BCUT2D eigenvalue weighted by Crippen LogP contribution is 2.30. The van der Waals surface area contributed by atoms with Crippen molar-refractivity contribution in [2.24, 2.45) is 5.92 Å². The lowest BCUT2D eigenvalue weighted by molar-refractivity contribution is 0.0846. The molecule has 1 unspecified atom stereocenters. The molecule has 0 bridgehead atoms. The first-order valence-corrected chi connectivity index (χ1v) is 6.07. The first-order valence-electron chi connectivity index (χ1n) is 6.07. The monoisotopic (exact) mass is 208 g/mol. The summed E-state index contributed by atoms with van der Waals surface area (Å²) in [6, 6.07) is 0. The summed E-state index contributed by atoms with van der Waals surface area (Å²) < 4.78 is 0. The molecule has 1 nitrogen and oxygen atoms in total. The van der Waals surface area contributed by atoms with Gasteiger partial charge in [-0.2, -0.15) is 0 Å². The minimum Gasteiger partial charge on any atom is -0.393 e. The largest absolute Gasteiger partial charge is 0.393 e. The molecule has 0 aliphatic heterocycles. The van der Waals surface area contributed by atoms with E-state index in [1.165, 1.54) is 11.1 Å². The van der Waals surface area contributed by atoms with Crippen LogP contribution in [0.25, 0.3) is 0 Å². The van der Waals surface area contributed by atoms with Crippen molar-refractivity contribution >= 4 is 0 Å². The van der Waals surface area contributed by atoms with Crippen molar-refractivity contribution in [2.75, 3.05) is 0 Å². The summed E-state index contributed by atoms with van der Waals surface area (Å²) in [6.45, 7) is 8.22. The fourth-order valence-corrected chi connectivity index (χ4v) is 2.21. The smallest absolute Gasteiger partial charge is 0.0571 e. The van der Waals surface area contributed by atoms with Crippen LogP contribution in [-0.4, -0.2) is 11.2 Å². The lowest BCUT2D eigenvalue weighted by Crippen LogP contribution is -2.23. The Bertz CT molecular complexity index is 226. The lowest BCUT2D eigenvalue weighted by atomic mass is 9.82. The van der Waals surface area contributed by atoms with E-state index >= 15 is 0 Å². The molecule has 0 spiro atoms. The molecule has 1 rings (SSSR count). The third-order valence-corrected chi connectivity index (χ3v) is 3.30. The topological polar surface area (TPSA) is 20.2 Å². The Labute approximate surface area is 93.9 Å². The van der Waals surface area contributed by atoms with Crippen molar-refractivity contribution in [1.29, 1.82) is 0 Å². The summed E-state index contributed by atoms with van der Waals surface area (Å²) in [5.41, 5.74) is 2.71. The normalized spacial score (nSPS) is 20.1. The third-order valence-electron chi connectivity index (χ3n) is 3.30. The van der Waals surface area contributed by atoms with Gasteiger partial charge in [-0.3, -0.25) is 0 Å². The summed E-state index contributed by atoms with van der Waals surface area (Å²) in [5.74, 6) is 0.515. The summed E-state index contributed by atoms with van der Waals surface area (Å²) in [5, 5.41) is 10.0. The Morgan fingerprint density at radius 2 is 2.07 bits per heavy atom. The summed E-state index contributed by atoms with van der Waals surface area (Å²) >= 11 is 0. The predicted octanol–water partition coefficient (Wildman–Crippen LogP) is 3.84. The fraction of sp³-hybridized carbons (Fsp3) is 0.714. The highest BCUT2D eigenvalue weighted by Gasteiger charge is 2.22. The molecule has 86 valence electrons. The number of allylic oxidation sites excluding steroid dienone is 3. The first-order chi connectivity index (χ1) is 7.09. The van der Waals surface area contributed by atoms with Crippen LogP contribution in [0, 0.1) is 5.92 Å². The van der Waals surface area contributed by atoms with Crippen molar-refractivity contribution < 1.29 is 5.11 Å². The molecule has 0 aromatic carbocycles. The van der Waals surface area contributed by atoms with Gasteiger partial charge < -0.3 is 5.11 Å². The van der Waals surface area contributed by atoms with E-state index in [1.54, 1.807) is 0 Å². The zero-order valence-electron chi connectivity index (χ0n) is 10.1. The average Bonchev–Trinajstić information content (AvgIpc) is 2.18. The summed E-state index contributed by atoms with van der Waals surface area (Å²) in [4.78, 5) is 0. The maximum absolute atomic E-state index is 10.0. The minimum atomic E-state index is -0.103. The van der Waals surface area contributed by atoms with E-state index in [-0.39, 0.29) is 6.10 Å². The zero-order chi connectivity index (χ0) is 11.3. The molecule has 0 heterocycles. The second-order valence-electron chi connectivity index (χ2n) is 5.01. The van der Waals surface area contributed by atoms with E-state index in [0.717, 1.165) is 38.5 Å². The van der Waals surface area contributed by atoms with E-state index in [0.29, 0.717) is 5.92 Å². The molecule has 0 saturated heterocycles. The van der Waals surface area contributed by atoms with Gasteiger partial charge in [0.15, 0.2) is 0 Å². The van der Waals surface area contributed by atoms with Crippen molar-refractivity contribution in [2.45, 2.75) is 58.5 Å². The minimum absolute atomic E-state index is 0.103. The number of hydrogen-bond acceptors (Lipinski definition) is 1. The highest BCUT2D eigenvalue weighted by atomic mass is 16.3. The third kappa shape index (κ3) is 4.65. The molecule has 1 saturated carbocycles. The molecule has 1 atom stereocenters. The number of aliphatic hydroxyl groups excluding tert-OH is 1. The molecule has 0 aromatic rings. The second kappa shape index (κ2) is 6.12. The van der Waals surface area contributed by atoms with E-state index in [2.05, 4.69) is 26.5 Å². The Kier molecular flexibility index (Phi) is 5.10. The van der Waals surface area contributed by atoms with E-state index in [1.807, 2.05) is 0 Å². The van der Waals surface area contributed by atoms with Crippen LogP contribution >= 0.6 is 0 Å². The van der Waals surface area contributed by atoms with Gasteiger partial charge in [0.1, 0.15) is 0 Å². The van der Waals surface area contributed by atoms with Crippen molar-refractivity contribution in [1.82, 2.24) is 0 Å². The van der Waals surface area contributed by atoms with Crippen molar-refractivity contribution in [3.63, 3.8) is 0 Å². The molecular formula is C14H24O. The Balaban J connectivity index is 2.25. The van der Waals surface area contributed by atoms with Gasteiger partial charge in [-0.15, -0.1) is 0 Å². The summed E-state index contributed by atoms with van der Waals surface area (Å²) in [6.07, 6.45) is 8.54. The maximum Gasteiger partial charge on any atom is 0.0571 e. The van der Waals surface area contributed by atoms with Gasteiger partial charge in [0, 0.05) is 0 Å². The number of rotatable bonds is 4. The van der Waals surface area contributed by atoms with Gasteiger partial charge in [0.25, 0.3) is 0 Å². The predicted molar refractivity (Wildman–Crippen MR) is 65.8 cm³/mol. The van der Waals surface area contributed by atoms with Crippen LogP contribution in [0.1, 0.15) is 52.4 Å². The van der Waals surface area contributed by atoms with Gasteiger partial charge in [-0.05, 0) is 58.3 Å². The first kappa shape index (κ1) is 12.5. The van der Waals surface area contributed by atoms with Gasteiger partial charge >= 0.3 is 0 Å². The fourth-order valence-electron chi connectivity index (χ4n) is 2.21. The molecule has 1 aliphatic carbocycles. The van der Waals surface area contributed by atoms with E-state index < -0.39 is 0 Å². The van der Waals surface area contributed by atoms with Gasteiger partial charge in [0.05, 0.1) is 6.10 Å². The molecule has 1 fully saturated rings.